The lowest BCUT2D eigenvalue weighted by Crippen LogP contribution is -2.20. The van der Waals surface area contributed by atoms with E-state index in [1.54, 1.807) is 19.1 Å². The van der Waals surface area contributed by atoms with Crippen LogP contribution in [0.3, 0.4) is 0 Å². The summed E-state index contributed by atoms with van der Waals surface area (Å²) >= 11 is 3.22. The van der Waals surface area contributed by atoms with Gasteiger partial charge in [-0.05, 0) is 24.6 Å². The third-order valence-corrected chi connectivity index (χ3v) is 2.88. The molecule has 88 valence electrons. The van der Waals surface area contributed by atoms with Gasteiger partial charge in [-0.3, -0.25) is 4.79 Å². The van der Waals surface area contributed by atoms with Crippen LogP contribution >= 0.6 is 15.9 Å². The summed E-state index contributed by atoms with van der Waals surface area (Å²) in [4.78, 5) is 10.7. The molecule has 0 amide bonds. The van der Waals surface area contributed by atoms with Crippen molar-refractivity contribution in [2.75, 3.05) is 0 Å². The Hall–Kier alpha value is -0.940. The van der Waals surface area contributed by atoms with Gasteiger partial charge in [0.2, 0.25) is 0 Å². The first-order chi connectivity index (χ1) is 7.41. The summed E-state index contributed by atoms with van der Waals surface area (Å²) in [5.74, 6) is -1.92. The number of hydrogen-bond donors (Lipinski definition) is 2. The summed E-state index contributed by atoms with van der Waals surface area (Å²) in [6.45, 7) is 1.55. The van der Waals surface area contributed by atoms with Crippen molar-refractivity contribution in [3.63, 3.8) is 0 Å². The Bertz CT molecular complexity index is 398. The van der Waals surface area contributed by atoms with E-state index in [9.17, 15) is 9.18 Å². The molecule has 0 saturated carbocycles. The fourth-order valence-corrected chi connectivity index (χ4v) is 1.79. The summed E-state index contributed by atoms with van der Waals surface area (Å²) in [7, 11) is 0. The van der Waals surface area contributed by atoms with Crippen LogP contribution in [0.1, 0.15) is 24.9 Å². The van der Waals surface area contributed by atoms with E-state index in [1.165, 1.54) is 6.07 Å². The summed E-state index contributed by atoms with van der Waals surface area (Å²) < 4.78 is 14.1. The number of aliphatic carboxylic acids is 1. The van der Waals surface area contributed by atoms with E-state index in [0.717, 1.165) is 4.47 Å². The van der Waals surface area contributed by atoms with Crippen molar-refractivity contribution in [3.8, 4) is 0 Å². The van der Waals surface area contributed by atoms with Crippen molar-refractivity contribution in [2.24, 2.45) is 11.7 Å². The molecule has 0 saturated heterocycles. The molecule has 0 aromatic heterocycles. The minimum absolute atomic E-state index is 0.211. The summed E-state index contributed by atoms with van der Waals surface area (Å²) in [5.41, 5.74) is 6.11. The minimum Gasteiger partial charge on any atom is -0.481 e. The Kier molecular flexibility index (Phi) is 4.44. The van der Waals surface area contributed by atoms with Gasteiger partial charge in [0.05, 0.1) is 5.92 Å². The maximum atomic E-state index is 13.4. The van der Waals surface area contributed by atoms with Gasteiger partial charge in [0, 0.05) is 16.1 Å². The molecule has 16 heavy (non-hydrogen) atoms. The second kappa shape index (κ2) is 5.41. The molecule has 1 aromatic carbocycles. The Labute approximate surface area is 102 Å². The zero-order chi connectivity index (χ0) is 12.3. The maximum Gasteiger partial charge on any atom is 0.306 e. The van der Waals surface area contributed by atoms with Gasteiger partial charge in [-0.2, -0.15) is 0 Å². The van der Waals surface area contributed by atoms with Crippen molar-refractivity contribution in [3.05, 3.63) is 34.1 Å². The van der Waals surface area contributed by atoms with Gasteiger partial charge in [-0.15, -0.1) is 0 Å². The van der Waals surface area contributed by atoms with Gasteiger partial charge in [0.1, 0.15) is 5.82 Å². The predicted octanol–water partition coefficient (Wildman–Crippen LogP) is 2.70. The molecular weight excluding hydrogens is 277 g/mol. The Morgan fingerprint density at radius 3 is 2.81 bits per heavy atom. The van der Waals surface area contributed by atoms with Crippen LogP contribution in [0.25, 0.3) is 0 Å². The van der Waals surface area contributed by atoms with Crippen molar-refractivity contribution in [2.45, 2.75) is 19.4 Å². The first-order valence-electron chi connectivity index (χ1n) is 4.85. The molecule has 3 nitrogen and oxygen atoms in total. The van der Waals surface area contributed by atoms with E-state index in [-0.39, 0.29) is 6.42 Å². The Morgan fingerprint density at radius 2 is 2.25 bits per heavy atom. The number of carbonyl (C=O) groups is 1. The lowest BCUT2D eigenvalue weighted by atomic mass is 9.96. The molecule has 5 heteroatoms. The zero-order valence-corrected chi connectivity index (χ0v) is 10.4. The molecule has 2 unspecified atom stereocenters. The Morgan fingerprint density at radius 1 is 1.62 bits per heavy atom. The normalized spacial score (nSPS) is 14.5. The first-order valence-corrected chi connectivity index (χ1v) is 5.64. The van der Waals surface area contributed by atoms with Crippen LogP contribution in [0, 0.1) is 11.7 Å². The fourth-order valence-electron chi connectivity index (χ4n) is 1.41. The van der Waals surface area contributed by atoms with Crippen molar-refractivity contribution >= 4 is 21.9 Å². The lowest BCUT2D eigenvalue weighted by Gasteiger charge is -2.15. The van der Waals surface area contributed by atoms with Gasteiger partial charge >= 0.3 is 5.97 Å². The van der Waals surface area contributed by atoms with Crippen LogP contribution < -0.4 is 5.73 Å². The minimum atomic E-state index is -0.925. The third kappa shape index (κ3) is 3.28. The van der Waals surface area contributed by atoms with Crippen molar-refractivity contribution in [1.29, 1.82) is 0 Å². The predicted molar refractivity (Wildman–Crippen MR) is 62.4 cm³/mol. The highest BCUT2D eigenvalue weighted by atomic mass is 79.9. The van der Waals surface area contributed by atoms with E-state index >= 15 is 0 Å². The van der Waals surface area contributed by atoms with Crippen LogP contribution in [-0.2, 0) is 4.79 Å². The van der Waals surface area contributed by atoms with Crippen LogP contribution in [0.2, 0.25) is 0 Å². The lowest BCUT2D eigenvalue weighted by molar-refractivity contribution is -0.141. The summed E-state index contributed by atoms with van der Waals surface area (Å²) in [5, 5.41) is 8.74. The van der Waals surface area contributed by atoms with Gasteiger partial charge in [0.15, 0.2) is 0 Å². The van der Waals surface area contributed by atoms with Gasteiger partial charge in [-0.1, -0.05) is 22.9 Å². The van der Waals surface area contributed by atoms with Crippen LogP contribution in [0.4, 0.5) is 4.39 Å². The molecule has 0 aliphatic heterocycles. The molecule has 0 aliphatic carbocycles. The summed E-state index contributed by atoms with van der Waals surface area (Å²) in [6.07, 6.45) is 0.211. The first kappa shape index (κ1) is 13.1. The molecule has 1 aromatic rings. The van der Waals surface area contributed by atoms with Gasteiger partial charge in [0.25, 0.3) is 0 Å². The number of nitrogens with two attached hydrogens (primary N) is 1. The quantitative estimate of drug-likeness (QED) is 0.896. The van der Waals surface area contributed by atoms with E-state index in [4.69, 9.17) is 10.8 Å². The average molecular weight is 290 g/mol. The molecule has 0 aliphatic rings. The second-order valence-electron chi connectivity index (χ2n) is 3.75. The number of halogens is 2. The highest BCUT2D eigenvalue weighted by Crippen LogP contribution is 2.24. The number of carboxylic acid groups (broad SMARTS) is 1. The highest BCUT2D eigenvalue weighted by Gasteiger charge is 2.19. The van der Waals surface area contributed by atoms with Crippen LogP contribution in [0.5, 0.6) is 0 Å². The monoisotopic (exact) mass is 289 g/mol. The third-order valence-electron chi connectivity index (χ3n) is 2.39. The number of hydrogen-bond acceptors (Lipinski definition) is 2. The number of benzene rings is 1. The fraction of sp³-hybridized carbons (Fsp3) is 0.364. The Balaban J connectivity index is 2.83. The zero-order valence-electron chi connectivity index (χ0n) is 8.78. The van der Waals surface area contributed by atoms with Crippen LogP contribution in [0.15, 0.2) is 22.7 Å². The number of rotatable bonds is 4. The van der Waals surface area contributed by atoms with E-state index in [0.29, 0.717) is 5.56 Å². The smallest absolute Gasteiger partial charge is 0.306 e. The van der Waals surface area contributed by atoms with Crippen molar-refractivity contribution in [1.82, 2.24) is 0 Å². The summed E-state index contributed by atoms with van der Waals surface area (Å²) in [6, 6.07) is 3.86. The largest absolute Gasteiger partial charge is 0.481 e. The van der Waals surface area contributed by atoms with Gasteiger partial charge in [-0.25, -0.2) is 4.39 Å². The van der Waals surface area contributed by atoms with Gasteiger partial charge < -0.3 is 10.8 Å². The maximum absolute atomic E-state index is 13.4. The van der Waals surface area contributed by atoms with Crippen LogP contribution in [-0.4, -0.2) is 11.1 Å². The average Bonchev–Trinajstić information content (AvgIpc) is 2.21. The molecular formula is C11H13BrFNO2. The van der Waals surface area contributed by atoms with Crippen molar-refractivity contribution < 1.29 is 14.3 Å². The van der Waals surface area contributed by atoms with E-state index in [2.05, 4.69) is 15.9 Å². The standard InChI is InChI=1S/C11H13BrFNO2/c1-6(11(15)16)4-10(14)8-5-7(12)2-3-9(8)13/h2-3,5-6,10H,4,14H2,1H3,(H,15,16). The molecule has 0 heterocycles. The number of carboxylic acids is 1. The SMILES string of the molecule is CC(CC(N)c1cc(Br)ccc1F)C(=O)O. The molecule has 2 atom stereocenters. The topological polar surface area (TPSA) is 63.3 Å². The molecule has 0 radical (unpaired) electrons. The molecule has 3 N–H and O–H groups in total. The molecule has 0 fully saturated rings. The van der Waals surface area contributed by atoms with E-state index in [1.807, 2.05) is 0 Å². The molecule has 1 rings (SSSR count). The van der Waals surface area contributed by atoms with E-state index < -0.39 is 23.7 Å². The molecule has 0 spiro atoms. The second-order valence-corrected chi connectivity index (χ2v) is 4.66. The molecule has 0 bridgehead atoms. The highest BCUT2D eigenvalue weighted by molar-refractivity contribution is 9.10.